The second kappa shape index (κ2) is 8.32. The number of rotatable bonds is 7. The Hall–Kier alpha value is -1.01. The Morgan fingerprint density at radius 2 is 2.00 bits per heavy atom. The van der Waals surface area contributed by atoms with E-state index in [9.17, 15) is 4.79 Å². The molecule has 0 aromatic heterocycles. The number of nitrogens with two attached hydrogens (primary N) is 1. The van der Waals surface area contributed by atoms with E-state index in [1.165, 1.54) is 12.1 Å². The Morgan fingerprint density at radius 1 is 1.40 bits per heavy atom. The van der Waals surface area contributed by atoms with Crippen LogP contribution in [0.15, 0.2) is 12.1 Å². The van der Waals surface area contributed by atoms with Crippen LogP contribution in [0, 0.1) is 0 Å². The molecule has 112 valence electrons. The minimum atomic E-state index is -0.345. The highest BCUT2D eigenvalue weighted by Crippen LogP contribution is 2.32. The van der Waals surface area contributed by atoms with Gasteiger partial charge >= 0.3 is 0 Å². The number of amides is 1. The highest BCUT2D eigenvalue weighted by Gasteiger charge is 2.12. The fraction of sp³-hybridized carbons (Fsp3) is 0.462. The van der Waals surface area contributed by atoms with E-state index in [4.69, 9.17) is 38.4 Å². The predicted molar refractivity (Wildman–Crippen MR) is 81.4 cm³/mol. The lowest BCUT2D eigenvalue weighted by molar-refractivity contribution is -0.123. The van der Waals surface area contributed by atoms with Gasteiger partial charge in [-0.3, -0.25) is 4.79 Å². The molecule has 20 heavy (non-hydrogen) atoms. The van der Waals surface area contributed by atoms with Gasteiger partial charge in [0, 0.05) is 12.3 Å². The summed E-state index contributed by atoms with van der Waals surface area (Å²) in [5, 5.41) is 3.16. The number of carbonyl (C=O) groups excluding carboxylic acids is 1. The van der Waals surface area contributed by atoms with E-state index in [0.29, 0.717) is 24.6 Å². The lowest BCUT2D eigenvalue weighted by Gasteiger charge is -2.14. The molecule has 0 saturated heterocycles. The first-order chi connectivity index (χ1) is 9.43. The number of carbonyl (C=O) groups is 1. The van der Waals surface area contributed by atoms with Crippen molar-refractivity contribution >= 4 is 40.5 Å². The average Bonchev–Trinajstić information content (AvgIpc) is 2.38. The third kappa shape index (κ3) is 5.54. The quantitative estimate of drug-likeness (QED) is 0.757. The van der Waals surface area contributed by atoms with Gasteiger partial charge in [0.1, 0.15) is 6.61 Å². The van der Waals surface area contributed by atoms with Gasteiger partial charge in [-0.2, -0.15) is 0 Å². The van der Waals surface area contributed by atoms with E-state index in [2.05, 4.69) is 5.32 Å². The summed E-state index contributed by atoms with van der Waals surface area (Å²) in [6.07, 6.45) is -0.168. The fourth-order valence-electron chi connectivity index (χ4n) is 1.44. The molecule has 1 atom stereocenters. The highest BCUT2D eigenvalue weighted by molar-refractivity contribution is 6.40. The molecule has 1 aromatic carbocycles. The zero-order valence-electron chi connectivity index (χ0n) is 11.4. The summed E-state index contributed by atoms with van der Waals surface area (Å²) in [5.74, 6) is -0.345. The molecule has 5 nitrogen and oxygen atoms in total. The molecule has 3 N–H and O–H groups in total. The second-order valence-electron chi connectivity index (χ2n) is 4.19. The minimum Gasteiger partial charge on any atom is -0.399 e. The first kappa shape index (κ1) is 17.0. The molecule has 1 amide bonds. The maximum absolute atomic E-state index is 11.8. The van der Waals surface area contributed by atoms with Crippen LogP contribution in [0.5, 0.6) is 0 Å². The van der Waals surface area contributed by atoms with E-state index < -0.39 is 0 Å². The van der Waals surface area contributed by atoms with Gasteiger partial charge in [-0.25, -0.2) is 0 Å². The Balaban J connectivity index is 2.51. The van der Waals surface area contributed by atoms with Crippen LogP contribution >= 0.6 is 23.2 Å². The van der Waals surface area contributed by atoms with Crippen LogP contribution in [0.2, 0.25) is 10.0 Å². The predicted octanol–water partition coefficient (Wildman–Crippen LogP) is 2.96. The summed E-state index contributed by atoms with van der Waals surface area (Å²) in [4.78, 5) is 11.8. The van der Waals surface area contributed by atoms with Crippen molar-refractivity contribution in [1.29, 1.82) is 0 Å². The van der Waals surface area contributed by atoms with E-state index in [-0.39, 0.29) is 28.7 Å². The van der Waals surface area contributed by atoms with Crippen LogP contribution in [0.1, 0.15) is 13.8 Å². The summed E-state index contributed by atoms with van der Waals surface area (Å²) in [6, 6.07) is 3.03. The SMILES string of the molecule is CCOCC(C)OCC(=O)Nc1c(Cl)cc(N)cc1Cl. The highest BCUT2D eigenvalue weighted by atomic mass is 35.5. The summed E-state index contributed by atoms with van der Waals surface area (Å²) in [5.41, 5.74) is 6.34. The van der Waals surface area contributed by atoms with Crippen LogP contribution in [0.3, 0.4) is 0 Å². The van der Waals surface area contributed by atoms with Crippen LogP contribution in [-0.2, 0) is 14.3 Å². The normalized spacial score (nSPS) is 12.2. The summed E-state index contributed by atoms with van der Waals surface area (Å²) >= 11 is 11.9. The molecule has 0 fully saturated rings. The molecule has 0 aliphatic rings. The average molecular weight is 321 g/mol. The number of ether oxygens (including phenoxy) is 2. The zero-order valence-corrected chi connectivity index (χ0v) is 12.9. The molecule has 0 aliphatic carbocycles. The van der Waals surface area contributed by atoms with E-state index in [1.54, 1.807) is 0 Å². The molecule has 0 heterocycles. The van der Waals surface area contributed by atoms with Crippen LogP contribution < -0.4 is 11.1 Å². The number of benzene rings is 1. The number of nitrogen functional groups attached to an aromatic ring is 1. The van der Waals surface area contributed by atoms with Crippen molar-refractivity contribution in [3.8, 4) is 0 Å². The number of halogens is 2. The molecular weight excluding hydrogens is 303 g/mol. The van der Waals surface area contributed by atoms with Gasteiger partial charge in [-0.1, -0.05) is 23.2 Å². The summed E-state index contributed by atoms with van der Waals surface area (Å²) < 4.78 is 10.5. The molecule has 1 unspecified atom stereocenters. The van der Waals surface area contributed by atoms with Gasteiger partial charge < -0.3 is 20.5 Å². The van der Waals surface area contributed by atoms with Crippen molar-refractivity contribution < 1.29 is 14.3 Å². The van der Waals surface area contributed by atoms with E-state index in [1.807, 2.05) is 13.8 Å². The van der Waals surface area contributed by atoms with Gasteiger partial charge in [0.05, 0.1) is 28.4 Å². The molecule has 0 radical (unpaired) electrons. The third-order valence-corrected chi connectivity index (χ3v) is 2.98. The van der Waals surface area contributed by atoms with Crippen molar-refractivity contribution in [2.75, 3.05) is 30.9 Å². The van der Waals surface area contributed by atoms with Gasteiger partial charge in [-0.05, 0) is 26.0 Å². The first-order valence-electron chi connectivity index (χ1n) is 6.17. The Morgan fingerprint density at radius 3 is 2.55 bits per heavy atom. The molecular formula is C13H18Cl2N2O3. The first-order valence-corrected chi connectivity index (χ1v) is 6.93. The van der Waals surface area contributed by atoms with Crippen LogP contribution in [0.4, 0.5) is 11.4 Å². The second-order valence-corrected chi connectivity index (χ2v) is 5.00. The van der Waals surface area contributed by atoms with Crippen molar-refractivity contribution in [1.82, 2.24) is 0 Å². The molecule has 0 aliphatic heterocycles. The van der Waals surface area contributed by atoms with Gasteiger partial charge in [0.15, 0.2) is 0 Å². The zero-order chi connectivity index (χ0) is 15.1. The van der Waals surface area contributed by atoms with E-state index >= 15 is 0 Å². The largest absolute Gasteiger partial charge is 0.399 e. The maximum Gasteiger partial charge on any atom is 0.250 e. The fourth-order valence-corrected chi connectivity index (χ4v) is 2.04. The third-order valence-electron chi connectivity index (χ3n) is 2.38. The molecule has 1 rings (SSSR count). The molecule has 0 bridgehead atoms. The van der Waals surface area contributed by atoms with Crippen molar-refractivity contribution in [3.05, 3.63) is 22.2 Å². The van der Waals surface area contributed by atoms with E-state index in [0.717, 1.165) is 0 Å². The summed E-state index contributed by atoms with van der Waals surface area (Å²) in [6.45, 7) is 4.66. The van der Waals surface area contributed by atoms with Gasteiger partial charge in [0.2, 0.25) is 5.91 Å². The summed E-state index contributed by atoms with van der Waals surface area (Å²) in [7, 11) is 0. The molecule has 0 spiro atoms. The van der Waals surface area contributed by atoms with Crippen molar-refractivity contribution in [3.63, 3.8) is 0 Å². The topological polar surface area (TPSA) is 73.6 Å². The van der Waals surface area contributed by atoms with Crippen LogP contribution in [-0.4, -0.2) is 31.8 Å². The monoisotopic (exact) mass is 320 g/mol. The number of hydrogen-bond donors (Lipinski definition) is 2. The Bertz CT molecular complexity index is 446. The molecule has 7 heteroatoms. The minimum absolute atomic E-state index is 0.106. The number of anilines is 2. The number of hydrogen-bond acceptors (Lipinski definition) is 4. The Labute approximate surface area is 128 Å². The smallest absolute Gasteiger partial charge is 0.250 e. The van der Waals surface area contributed by atoms with Crippen molar-refractivity contribution in [2.24, 2.45) is 0 Å². The lowest BCUT2D eigenvalue weighted by Crippen LogP contribution is -2.24. The lowest BCUT2D eigenvalue weighted by atomic mass is 10.3. The van der Waals surface area contributed by atoms with Crippen molar-refractivity contribution in [2.45, 2.75) is 20.0 Å². The molecule has 0 saturated carbocycles. The standard InChI is InChI=1S/C13H18Cl2N2O3/c1-3-19-6-8(2)20-7-12(18)17-13-10(14)4-9(16)5-11(13)15/h4-5,8H,3,6-7,16H2,1-2H3,(H,17,18). The van der Waals surface area contributed by atoms with Gasteiger partial charge in [0.25, 0.3) is 0 Å². The van der Waals surface area contributed by atoms with Crippen LogP contribution in [0.25, 0.3) is 0 Å². The molecule has 1 aromatic rings. The maximum atomic E-state index is 11.8. The Kier molecular flexibility index (Phi) is 7.09. The van der Waals surface area contributed by atoms with Gasteiger partial charge in [-0.15, -0.1) is 0 Å². The number of nitrogens with one attached hydrogen (secondary N) is 1.